The molecule has 0 spiro atoms. The fourth-order valence-electron chi connectivity index (χ4n) is 1.64. The zero-order valence-electron chi connectivity index (χ0n) is 9.30. The van der Waals surface area contributed by atoms with Crippen LogP contribution in [0.2, 0.25) is 0 Å². The van der Waals surface area contributed by atoms with Crippen LogP contribution in [0.5, 0.6) is 0 Å². The minimum atomic E-state index is -0.591. The van der Waals surface area contributed by atoms with Gasteiger partial charge >= 0.3 is 11.9 Å². The number of esters is 1. The Kier molecular flexibility index (Phi) is 3.19. The first-order chi connectivity index (χ1) is 7.72. The van der Waals surface area contributed by atoms with Gasteiger partial charge in [0.2, 0.25) is 5.89 Å². The van der Waals surface area contributed by atoms with Gasteiger partial charge in [-0.2, -0.15) is 0 Å². The Hall–Kier alpha value is -1.43. The topological polar surface area (TPSA) is 74.5 Å². The summed E-state index contributed by atoms with van der Waals surface area (Å²) in [5, 5.41) is 7.45. The van der Waals surface area contributed by atoms with Crippen LogP contribution in [0.1, 0.15) is 42.9 Å². The van der Waals surface area contributed by atoms with Gasteiger partial charge in [-0.3, -0.25) is 0 Å². The van der Waals surface area contributed by atoms with E-state index in [0.717, 1.165) is 6.42 Å². The molecule has 1 aliphatic rings. The quantitative estimate of drug-likeness (QED) is 0.724. The fraction of sp³-hybridized carbons (Fsp3) is 0.700. The second-order valence-electron chi connectivity index (χ2n) is 3.72. The smallest absolute Gasteiger partial charge is 0.396 e. The van der Waals surface area contributed by atoms with Gasteiger partial charge in [0.15, 0.2) is 0 Å². The molecule has 0 N–H and O–H groups in total. The van der Waals surface area contributed by atoms with Crippen LogP contribution in [-0.2, 0) is 9.47 Å². The summed E-state index contributed by atoms with van der Waals surface area (Å²) in [6, 6.07) is 0. The third-order valence-corrected chi connectivity index (χ3v) is 2.52. The number of carbonyl (C=O) groups is 1. The van der Waals surface area contributed by atoms with Crippen LogP contribution in [0.25, 0.3) is 0 Å². The highest BCUT2D eigenvalue weighted by Gasteiger charge is 2.31. The average Bonchev–Trinajstić information content (AvgIpc) is 2.86. The van der Waals surface area contributed by atoms with Crippen molar-refractivity contribution < 1.29 is 18.7 Å². The molecule has 16 heavy (non-hydrogen) atoms. The van der Waals surface area contributed by atoms with E-state index in [-0.39, 0.29) is 18.6 Å². The summed E-state index contributed by atoms with van der Waals surface area (Å²) in [4.78, 5) is 11.3. The highest BCUT2D eigenvalue weighted by molar-refractivity contribution is 5.83. The highest BCUT2D eigenvalue weighted by Crippen LogP contribution is 2.33. The first kappa shape index (κ1) is 11.1. The number of hydrogen-bond donors (Lipinski definition) is 0. The fourth-order valence-corrected chi connectivity index (χ4v) is 1.64. The summed E-state index contributed by atoms with van der Waals surface area (Å²) >= 11 is 0. The van der Waals surface area contributed by atoms with Crippen LogP contribution in [0, 0.1) is 5.92 Å². The van der Waals surface area contributed by atoms with E-state index in [1.54, 1.807) is 6.92 Å². The summed E-state index contributed by atoms with van der Waals surface area (Å²) in [7, 11) is 0. The normalized spacial score (nSPS) is 24.6. The molecule has 2 rings (SSSR count). The minimum Gasteiger partial charge on any atom is -0.459 e. The summed E-state index contributed by atoms with van der Waals surface area (Å²) in [6.07, 6.45) is 0.762. The Bertz CT molecular complexity index is 377. The van der Waals surface area contributed by atoms with Crippen LogP contribution >= 0.6 is 0 Å². The third-order valence-electron chi connectivity index (χ3n) is 2.52. The van der Waals surface area contributed by atoms with Crippen molar-refractivity contribution in [3.63, 3.8) is 0 Å². The third kappa shape index (κ3) is 2.06. The van der Waals surface area contributed by atoms with Crippen molar-refractivity contribution in [2.45, 2.75) is 26.4 Å². The molecule has 0 aliphatic carbocycles. The molecule has 6 nitrogen and oxygen atoms in total. The second kappa shape index (κ2) is 4.61. The Morgan fingerprint density at radius 1 is 1.56 bits per heavy atom. The molecule has 0 amide bonds. The van der Waals surface area contributed by atoms with Crippen molar-refractivity contribution in [2.24, 2.45) is 5.92 Å². The van der Waals surface area contributed by atoms with E-state index in [2.05, 4.69) is 10.2 Å². The van der Waals surface area contributed by atoms with Gasteiger partial charge in [0, 0.05) is 6.61 Å². The molecule has 0 bridgehead atoms. The number of carbonyl (C=O) groups excluding carboxylic acids is 1. The average molecular weight is 226 g/mol. The highest BCUT2D eigenvalue weighted by atomic mass is 16.6. The van der Waals surface area contributed by atoms with E-state index in [0.29, 0.717) is 18.4 Å². The minimum absolute atomic E-state index is 0.112. The van der Waals surface area contributed by atoms with Crippen molar-refractivity contribution in [1.82, 2.24) is 10.2 Å². The van der Waals surface area contributed by atoms with E-state index >= 15 is 0 Å². The first-order valence-corrected chi connectivity index (χ1v) is 5.34. The van der Waals surface area contributed by atoms with Crippen molar-refractivity contribution in [2.75, 3.05) is 13.2 Å². The number of ether oxygens (including phenoxy) is 2. The second-order valence-corrected chi connectivity index (χ2v) is 3.72. The van der Waals surface area contributed by atoms with Gasteiger partial charge in [0.25, 0.3) is 0 Å². The summed E-state index contributed by atoms with van der Waals surface area (Å²) in [5.41, 5.74) is 0. The predicted molar refractivity (Wildman–Crippen MR) is 52.7 cm³/mol. The molecule has 88 valence electrons. The van der Waals surface area contributed by atoms with Gasteiger partial charge in [0.1, 0.15) is 6.10 Å². The maximum Gasteiger partial charge on any atom is 0.396 e. The van der Waals surface area contributed by atoms with E-state index in [1.165, 1.54) is 0 Å². The molecule has 2 unspecified atom stereocenters. The standard InChI is InChI=1S/C10H14N2O4/c1-3-14-10(13)9-12-11-8(16-9)7-6(2)4-5-15-7/h6-7H,3-5H2,1-2H3. The lowest BCUT2D eigenvalue weighted by molar-refractivity contribution is 0.0451. The Morgan fingerprint density at radius 3 is 3.00 bits per heavy atom. The zero-order valence-corrected chi connectivity index (χ0v) is 9.30. The van der Waals surface area contributed by atoms with Crippen molar-refractivity contribution in [1.29, 1.82) is 0 Å². The van der Waals surface area contributed by atoms with Crippen molar-refractivity contribution in [3.05, 3.63) is 11.8 Å². The number of rotatable bonds is 3. The SMILES string of the molecule is CCOC(=O)c1nnc(C2OCCC2C)o1. The lowest BCUT2D eigenvalue weighted by atomic mass is 10.0. The Balaban J connectivity index is 2.10. The molecule has 2 atom stereocenters. The summed E-state index contributed by atoms with van der Waals surface area (Å²) in [5.74, 6) is -0.0185. The maximum atomic E-state index is 11.3. The molecular formula is C10H14N2O4. The molecule has 1 aliphatic heterocycles. The van der Waals surface area contributed by atoms with Gasteiger partial charge in [-0.25, -0.2) is 4.79 Å². The van der Waals surface area contributed by atoms with Crippen LogP contribution in [0.4, 0.5) is 0 Å². The monoisotopic (exact) mass is 226 g/mol. The van der Waals surface area contributed by atoms with Gasteiger partial charge in [-0.15, -0.1) is 10.2 Å². The predicted octanol–water partition coefficient (Wildman–Crippen LogP) is 1.34. The molecule has 1 aromatic heterocycles. The van der Waals surface area contributed by atoms with Crippen molar-refractivity contribution >= 4 is 5.97 Å². The van der Waals surface area contributed by atoms with Gasteiger partial charge in [-0.05, 0) is 19.3 Å². The maximum absolute atomic E-state index is 11.3. The number of aromatic nitrogens is 2. The van der Waals surface area contributed by atoms with Crippen LogP contribution < -0.4 is 0 Å². The van der Waals surface area contributed by atoms with Gasteiger partial charge < -0.3 is 13.9 Å². The number of hydrogen-bond acceptors (Lipinski definition) is 6. The van der Waals surface area contributed by atoms with Gasteiger partial charge in [0.05, 0.1) is 6.61 Å². The van der Waals surface area contributed by atoms with Crippen molar-refractivity contribution in [3.8, 4) is 0 Å². The van der Waals surface area contributed by atoms with E-state index in [4.69, 9.17) is 13.9 Å². The van der Waals surface area contributed by atoms with E-state index in [1.807, 2.05) is 6.92 Å². The zero-order chi connectivity index (χ0) is 11.5. The molecule has 2 heterocycles. The molecule has 0 aromatic carbocycles. The lowest BCUT2D eigenvalue weighted by Gasteiger charge is -2.08. The van der Waals surface area contributed by atoms with E-state index in [9.17, 15) is 4.79 Å². The lowest BCUT2D eigenvalue weighted by Crippen LogP contribution is -2.05. The van der Waals surface area contributed by atoms with Crippen LogP contribution in [-0.4, -0.2) is 29.4 Å². The summed E-state index contributed by atoms with van der Waals surface area (Å²) < 4.78 is 15.4. The van der Waals surface area contributed by atoms with Crippen LogP contribution in [0.15, 0.2) is 4.42 Å². The molecule has 6 heteroatoms. The molecule has 1 aromatic rings. The first-order valence-electron chi connectivity index (χ1n) is 5.34. The number of nitrogens with zero attached hydrogens (tertiary/aromatic N) is 2. The molecule has 1 saturated heterocycles. The molecule has 0 saturated carbocycles. The Labute approximate surface area is 92.9 Å². The van der Waals surface area contributed by atoms with E-state index < -0.39 is 5.97 Å². The van der Waals surface area contributed by atoms with Gasteiger partial charge in [-0.1, -0.05) is 6.92 Å². The largest absolute Gasteiger partial charge is 0.459 e. The van der Waals surface area contributed by atoms with Crippen LogP contribution in [0.3, 0.4) is 0 Å². The molecule has 1 fully saturated rings. The molecule has 0 radical (unpaired) electrons. The molecular weight excluding hydrogens is 212 g/mol. The Morgan fingerprint density at radius 2 is 2.38 bits per heavy atom. The summed E-state index contributed by atoms with van der Waals surface area (Å²) in [6.45, 7) is 4.74.